The van der Waals surface area contributed by atoms with Crippen molar-refractivity contribution in [3.05, 3.63) is 156 Å². The zero-order valence-corrected chi connectivity index (χ0v) is 73.2. The molecule has 4 amide bonds. The third kappa shape index (κ3) is 25.5. The van der Waals surface area contributed by atoms with E-state index in [1.165, 1.54) is 0 Å². The number of hydrogen-bond donors (Lipinski definition) is 6. The lowest BCUT2D eigenvalue weighted by Crippen LogP contribution is -2.71. The minimum absolute atomic E-state index is 0.0157. The minimum Gasteiger partial charge on any atom is -0.445 e. The number of rotatable bonds is 32. The summed E-state index contributed by atoms with van der Waals surface area (Å²) in [7, 11) is -10.9. The van der Waals surface area contributed by atoms with Crippen molar-refractivity contribution in [2.45, 2.75) is 305 Å². The standard InChI is InChI=1S/C82H129N5O20Si4/c1-22-45-93-71-67(104-73-64(87-78(92)97-51-57-41-33-26-34-42-57)69(107-111(20,21)82(11,12)13)68(106-110(18,19)81(8,9)10)62(101-73)47-84-75(89)94-48-54-35-27-23-28-36-54)63(53-99-109(16,17)80(5,6)7)102-74(71)105-70-65(88)59(83)46-61(86-77(91)96-50-56-39-31-25-32-40-56)66(70)103-72-60(85-76(90)95-49-55-37-29-24-30-38-55)44-43-58(100-72)52-98-108(14,15)79(2,3)4/h22-42,58-74,88H,1,43-53,83H2,2-21H3,(H,84,89)(H,85,90)(H,86,91)(H,87,92)/t58-,59+,60+,61-,62-,63+,64+,65-,66+,67+,68-,69+,70+,71+,72+,73+,74-/m0/s1. The maximum absolute atomic E-state index is 15.0. The molecular weight excluding hydrogens is 1490 g/mol. The maximum atomic E-state index is 15.0. The van der Waals surface area contributed by atoms with E-state index in [4.69, 9.17) is 75.5 Å². The number of aliphatic hydroxyl groups excluding tert-OH is 1. The van der Waals surface area contributed by atoms with Crippen LogP contribution in [0.15, 0.2) is 134 Å². The molecule has 7 N–H and O–H groups in total. The van der Waals surface area contributed by atoms with Gasteiger partial charge in [0, 0.05) is 12.6 Å². The summed E-state index contributed by atoms with van der Waals surface area (Å²) in [4.78, 5) is 57.5. The number of nitrogens with two attached hydrogens (primary N) is 1. The lowest BCUT2D eigenvalue weighted by molar-refractivity contribution is -0.295. The number of ether oxygens (including phenoxy) is 11. The average molecular weight is 1620 g/mol. The van der Waals surface area contributed by atoms with Crippen molar-refractivity contribution < 1.29 is 94.1 Å². The van der Waals surface area contributed by atoms with Crippen LogP contribution in [0.3, 0.4) is 0 Å². The first-order chi connectivity index (χ1) is 52.0. The van der Waals surface area contributed by atoms with E-state index in [1.807, 2.05) is 121 Å². The third-order valence-corrected chi connectivity index (χ3v) is 41.1. The molecule has 8 rings (SSSR count). The second-order valence-electron chi connectivity index (χ2n) is 35.7. The van der Waals surface area contributed by atoms with E-state index < -0.39 is 167 Å². The van der Waals surface area contributed by atoms with Crippen molar-refractivity contribution in [1.29, 1.82) is 0 Å². The summed E-state index contributed by atoms with van der Waals surface area (Å²) in [6.45, 7) is 46.2. The third-order valence-electron chi connectivity index (χ3n) is 23.2. The predicted molar refractivity (Wildman–Crippen MR) is 434 cm³/mol. The molecule has 0 bridgehead atoms. The van der Waals surface area contributed by atoms with Gasteiger partial charge in [-0.3, -0.25) is 0 Å². The van der Waals surface area contributed by atoms with Crippen LogP contribution in [-0.2, 0) is 96.2 Å². The molecule has 0 unspecified atom stereocenters. The predicted octanol–water partition coefficient (Wildman–Crippen LogP) is 14.4. The summed E-state index contributed by atoms with van der Waals surface area (Å²) >= 11 is 0. The van der Waals surface area contributed by atoms with Crippen LogP contribution in [0.5, 0.6) is 0 Å². The Kier molecular flexibility index (Phi) is 31.9. The number of nitrogens with one attached hydrogen (secondary N) is 4. The molecule has 1 saturated carbocycles. The van der Waals surface area contributed by atoms with Crippen LogP contribution in [0.2, 0.25) is 72.5 Å². The number of carbonyl (C=O) groups is 4. The van der Waals surface area contributed by atoms with Gasteiger partial charge in [0.2, 0.25) is 0 Å². The normalized spacial score (nSPS) is 27.1. The quantitative estimate of drug-likeness (QED) is 0.0150. The van der Waals surface area contributed by atoms with Gasteiger partial charge in [-0.25, -0.2) is 19.2 Å². The van der Waals surface area contributed by atoms with Gasteiger partial charge in [-0.2, -0.15) is 0 Å². The molecular formula is C82H129N5O20Si4. The highest BCUT2D eigenvalue weighted by Crippen LogP contribution is 2.46. The molecule has 0 aromatic heterocycles. The van der Waals surface area contributed by atoms with Crippen LogP contribution in [0.1, 0.15) is 125 Å². The first kappa shape index (κ1) is 90.6. The first-order valence-electron chi connectivity index (χ1n) is 39.0. The van der Waals surface area contributed by atoms with E-state index >= 15 is 0 Å². The monoisotopic (exact) mass is 1620 g/mol. The summed E-state index contributed by atoms with van der Waals surface area (Å²) in [5, 5.41) is 23.9. The van der Waals surface area contributed by atoms with Crippen molar-refractivity contribution in [2.24, 2.45) is 5.73 Å². The fourth-order valence-corrected chi connectivity index (χ4v) is 16.9. The molecule has 25 nitrogen and oxygen atoms in total. The molecule has 111 heavy (non-hydrogen) atoms. The maximum Gasteiger partial charge on any atom is 0.407 e. The van der Waals surface area contributed by atoms with Crippen molar-refractivity contribution in [2.75, 3.05) is 26.4 Å². The number of benzene rings is 4. The van der Waals surface area contributed by atoms with Crippen molar-refractivity contribution in [3.8, 4) is 0 Å². The topological polar surface area (TPSA) is 301 Å². The molecule has 618 valence electrons. The van der Waals surface area contributed by atoms with Crippen LogP contribution in [0, 0.1) is 0 Å². The molecule has 1 aliphatic carbocycles. The van der Waals surface area contributed by atoms with E-state index in [0.717, 1.165) is 22.3 Å². The van der Waals surface area contributed by atoms with E-state index in [1.54, 1.807) is 6.08 Å². The van der Waals surface area contributed by atoms with Crippen LogP contribution in [-0.4, -0.2) is 193 Å². The Morgan fingerprint density at radius 3 is 1.33 bits per heavy atom. The van der Waals surface area contributed by atoms with Crippen molar-refractivity contribution in [1.82, 2.24) is 21.3 Å². The van der Waals surface area contributed by atoms with Crippen LogP contribution < -0.4 is 27.0 Å². The molecule has 29 heteroatoms. The molecule has 3 heterocycles. The van der Waals surface area contributed by atoms with Gasteiger partial charge in [0.25, 0.3) is 0 Å². The van der Waals surface area contributed by atoms with Gasteiger partial charge in [0.15, 0.2) is 52.1 Å². The molecule has 0 radical (unpaired) electrons. The summed E-state index contributed by atoms with van der Waals surface area (Å²) in [5.74, 6) is 0. The molecule has 0 spiro atoms. The zero-order valence-electron chi connectivity index (χ0n) is 69.2. The lowest BCUT2D eigenvalue weighted by atomic mass is 9.83. The molecule has 3 aliphatic heterocycles. The Hall–Kier alpha value is -5.95. The number of aliphatic hydroxyl groups is 1. The average Bonchev–Trinajstić information content (AvgIpc) is 1.72. The number of alkyl carbamates (subject to hydrolysis) is 4. The van der Waals surface area contributed by atoms with Crippen LogP contribution in [0.4, 0.5) is 19.2 Å². The fourth-order valence-electron chi connectivity index (χ4n) is 12.2. The number of hydrogen-bond acceptors (Lipinski definition) is 21. The molecule has 4 aromatic carbocycles. The van der Waals surface area contributed by atoms with Crippen LogP contribution >= 0.6 is 0 Å². The molecule has 4 fully saturated rings. The molecule has 17 atom stereocenters. The van der Waals surface area contributed by atoms with Crippen molar-refractivity contribution in [3.63, 3.8) is 0 Å². The summed E-state index contributed by atoms with van der Waals surface area (Å²) < 4.78 is 103. The Balaban J connectivity index is 1.25. The van der Waals surface area contributed by atoms with E-state index in [-0.39, 0.29) is 74.3 Å². The SMILES string of the molecule is C=CCO[C@H]1[C@H](O[C@@H]2[C@@H](O)[C@H](N)C[C@H](NC(=O)OCc3ccccc3)[C@H]2O[C@H]2O[C@H](CO[Si](C)(C)C(C)(C)C)CC[C@H]2NC(=O)OCc2ccccc2)O[C@H](CO[Si](C)(C)C(C)(C)C)[C@H]1O[C@H]1O[C@@H](CNC(=O)OCc2ccccc2)[C@H](O[Si](C)(C)C(C)(C)C)[C@H](O[Si](C)(C)C(C)(C)C)[C@H]1NC(=O)OCc1ccccc1. The summed E-state index contributed by atoms with van der Waals surface area (Å²) in [6.07, 6.45) is -17.0. The van der Waals surface area contributed by atoms with Gasteiger partial charge in [0.05, 0.1) is 50.2 Å². The largest absolute Gasteiger partial charge is 0.445 e. The molecule has 3 saturated heterocycles. The van der Waals surface area contributed by atoms with Gasteiger partial charge in [-0.05, 0) is 114 Å². The Morgan fingerprint density at radius 1 is 0.468 bits per heavy atom. The van der Waals surface area contributed by atoms with Gasteiger partial charge in [-0.1, -0.05) is 210 Å². The minimum atomic E-state index is -2.97. The molecule has 4 aromatic rings. The highest BCUT2D eigenvalue weighted by atomic mass is 28.4. The second kappa shape index (κ2) is 39.1. The van der Waals surface area contributed by atoms with E-state index in [2.05, 4.69) is 163 Å². The number of amides is 4. The lowest BCUT2D eigenvalue weighted by Gasteiger charge is -2.53. The van der Waals surface area contributed by atoms with Crippen LogP contribution in [0.25, 0.3) is 0 Å². The summed E-state index contributed by atoms with van der Waals surface area (Å²) in [6, 6.07) is 32.8. The first-order valence-corrected chi connectivity index (χ1v) is 50.7. The summed E-state index contributed by atoms with van der Waals surface area (Å²) in [5.41, 5.74) is 10.1. The van der Waals surface area contributed by atoms with Gasteiger partial charge < -0.3 is 102 Å². The van der Waals surface area contributed by atoms with Gasteiger partial charge >= 0.3 is 24.4 Å². The fraction of sp³-hybridized carbons (Fsp3) is 0.634. The Bertz CT molecular complexity index is 3570. The Morgan fingerprint density at radius 2 is 0.874 bits per heavy atom. The molecule has 4 aliphatic rings. The number of carbonyl (C=O) groups excluding carboxylic acids is 4. The second-order valence-corrected chi connectivity index (χ2v) is 54.8. The van der Waals surface area contributed by atoms with Gasteiger partial charge in [-0.15, -0.1) is 6.58 Å². The van der Waals surface area contributed by atoms with Crippen molar-refractivity contribution >= 4 is 57.6 Å². The highest BCUT2D eigenvalue weighted by molar-refractivity contribution is 6.75. The van der Waals surface area contributed by atoms with Gasteiger partial charge in [0.1, 0.15) is 75.2 Å². The zero-order chi connectivity index (χ0) is 81.5. The smallest absolute Gasteiger partial charge is 0.407 e. The highest BCUT2D eigenvalue weighted by Gasteiger charge is 2.60. The Labute approximate surface area is 663 Å². The van der Waals surface area contributed by atoms with E-state index in [0.29, 0.717) is 12.8 Å². The van der Waals surface area contributed by atoms with E-state index in [9.17, 15) is 24.3 Å².